The third-order valence-electron chi connectivity index (χ3n) is 3.23. The zero-order valence-electron chi connectivity index (χ0n) is 14.4. The largest absolute Gasteiger partial charge is 0.329 e. The summed E-state index contributed by atoms with van der Waals surface area (Å²) >= 11 is 0. The highest BCUT2D eigenvalue weighted by atomic mass is 16.2. The highest BCUT2D eigenvalue weighted by Gasteiger charge is 2.13. The molecule has 8 heteroatoms. The average molecular weight is 353 g/mol. The van der Waals surface area contributed by atoms with Crippen LogP contribution in [0.1, 0.15) is 18.9 Å². The van der Waals surface area contributed by atoms with Crippen LogP contribution in [0.5, 0.6) is 0 Å². The van der Waals surface area contributed by atoms with Gasteiger partial charge in [-0.25, -0.2) is 5.43 Å². The summed E-state index contributed by atoms with van der Waals surface area (Å²) in [5.74, 6) is -2.07. The minimum absolute atomic E-state index is 0.0330. The smallest absolute Gasteiger partial charge is 0.324 e. The number of carbonyl (C=O) groups excluding carboxylic acids is 3. The molecule has 0 aliphatic heterocycles. The van der Waals surface area contributed by atoms with Crippen LogP contribution < -0.4 is 16.1 Å². The van der Waals surface area contributed by atoms with Gasteiger partial charge < -0.3 is 10.6 Å². The minimum atomic E-state index is -0.919. The van der Waals surface area contributed by atoms with Crippen LogP contribution in [0.3, 0.4) is 0 Å². The van der Waals surface area contributed by atoms with Gasteiger partial charge >= 0.3 is 11.8 Å². The molecule has 0 atom stereocenters. The SMILES string of the molecule is C/C(CC(=O)Nc1cccnc1)=N\NC(=O)C(=O)Nc1ccc(C)cc1. The number of nitrogens with zero attached hydrogens (tertiary/aromatic N) is 2. The molecule has 0 unspecified atom stereocenters. The molecular formula is C18H19N5O3. The molecule has 0 radical (unpaired) electrons. The number of aryl methyl sites for hydroxylation is 1. The fourth-order valence-corrected chi connectivity index (χ4v) is 1.94. The lowest BCUT2D eigenvalue weighted by atomic mass is 10.2. The lowest BCUT2D eigenvalue weighted by Crippen LogP contribution is -2.33. The van der Waals surface area contributed by atoms with E-state index in [0.29, 0.717) is 17.1 Å². The van der Waals surface area contributed by atoms with Crippen molar-refractivity contribution >= 4 is 34.8 Å². The van der Waals surface area contributed by atoms with Crippen molar-refractivity contribution in [3.8, 4) is 0 Å². The first-order valence-electron chi connectivity index (χ1n) is 7.85. The van der Waals surface area contributed by atoms with E-state index in [9.17, 15) is 14.4 Å². The molecule has 3 amide bonds. The van der Waals surface area contributed by atoms with Crippen LogP contribution in [-0.4, -0.2) is 28.4 Å². The predicted octanol–water partition coefficient (Wildman–Crippen LogP) is 1.85. The Labute approximate surface area is 150 Å². The van der Waals surface area contributed by atoms with E-state index in [1.165, 1.54) is 6.20 Å². The van der Waals surface area contributed by atoms with E-state index in [1.54, 1.807) is 37.4 Å². The van der Waals surface area contributed by atoms with Gasteiger partial charge in [0.1, 0.15) is 0 Å². The molecular weight excluding hydrogens is 334 g/mol. The number of hydrazone groups is 1. The molecule has 0 spiro atoms. The Hall–Kier alpha value is -3.55. The Balaban J connectivity index is 1.81. The van der Waals surface area contributed by atoms with Gasteiger partial charge in [-0.05, 0) is 38.1 Å². The van der Waals surface area contributed by atoms with Crippen molar-refractivity contribution in [3.63, 3.8) is 0 Å². The third kappa shape index (κ3) is 6.16. The van der Waals surface area contributed by atoms with Crippen LogP contribution >= 0.6 is 0 Å². The first-order chi connectivity index (χ1) is 12.4. The van der Waals surface area contributed by atoms with Gasteiger partial charge in [0.05, 0.1) is 18.3 Å². The van der Waals surface area contributed by atoms with Crippen LogP contribution in [0.15, 0.2) is 53.9 Å². The summed E-state index contributed by atoms with van der Waals surface area (Å²) in [6.45, 7) is 3.49. The summed E-state index contributed by atoms with van der Waals surface area (Å²) in [4.78, 5) is 39.3. The third-order valence-corrected chi connectivity index (χ3v) is 3.23. The maximum atomic E-state index is 11.9. The molecule has 134 valence electrons. The minimum Gasteiger partial charge on any atom is -0.324 e. The molecule has 0 saturated heterocycles. The van der Waals surface area contributed by atoms with E-state index >= 15 is 0 Å². The van der Waals surface area contributed by atoms with Crippen molar-refractivity contribution in [1.29, 1.82) is 0 Å². The van der Waals surface area contributed by atoms with Crippen LogP contribution in [0.25, 0.3) is 0 Å². The number of benzene rings is 1. The van der Waals surface area contributed by atoms with Crippen LogP contribution in [0.4, 0.5) is 11.4 Å². The summed E-state index contributed by atoms with van der Waals surface area (Å²) in [6, 6.07) is 10.4. The lowest BCUT2D eigenvalue weighted by Gasteiger charge is -2.06. The van der Waals surface area contributed by atoms with E-state index in [2.05, 4.69) is 26.1 Å². The highest BCUT2D eigenvalue weighted by Crippen LogP contribution is 2.08. The van der Waals surface area contributed by atoms with Gasteiger partial charge in [0, 0.05) is 17.6 Å². The van der Waals surface area contributed by atoms with Gasteiger partial charge in [-0.15, -0.1) is 0 Å². The molecule has 0 aliphatic rings. The average Bonchev–Trinajstić information content (AvgIpc) is 2.62. The summed E-state index contributed by atoms with van der Waals surface area (Å²) in [7, 11) is 0. The number of aromatic nitrogens is 1. The number of carbonyl (C=O) groups is 3. The van der Waals surface area contributed by atoms with Crippen molar-refractivity contribution in [3.05, 3.63) is 54.4 Å². The van der Waals surface area contributed by atoms with Gasteiger partial charge in [-0.1, -0.05) is 17.7 Å². The summed E-state index contributed by atoms with van der Waals surface area (Å²) < 4.78 is 0. The molecule has 1 aromatic heterocycles. The van der Waals surface area contributed by atoms with E-state index in [-0.39, 0.29) is 12.3 Å². The first kappa shape index (κ1) is 18.8. The van der Waals surface area contributed by atoms with Gasteiger partial charge in [0.2, 0.25) is 5.91 Å². The molecule has 0 saturated carbocycles. The van der Waals surface area contributed by atoms with Gasteiger partial charge in [0.25, 0.3) is 0 Å². The highest BCUT2D eigenvalue weighted by molar-refractivity contribution is 6.39. The van der Waals surface area contributed by atoms with Crippen molar-refractivity contribution in [2.75, 3.05) is 10.6 Å². The summed E-state index contributed by atoms with van der Waals surface area (Å²) in [5, 5.41) is 8.87. The Morgan fingerprint density at radius 1 is 1.00 bits per heavy atom. The Morgan fingerprint density at radius 2 is 1.73 bits per heavy atom. The van der Waals surface area contributed by atoms with E-state index in [4.69, 9.17) is 0 Å². The van der Waals surface area contributed by atoms with E-state index in [1.807, 2.05) is 19.1 Å². The zero-order chi connectivity index (χ0) is 18.9. The fourth-order valence-electron chi connectivity index (χ4n) is 1.94. The Morgan fingerprint density at radius 3 is 2.38 bits per heavy atom. The number of nitrogens with one attached hydrogen (secondary N) is 3. The van der Waals surface area contributed by atoms with Gasteiger partial charge in [-0.2, -0.15) is 5.10 Å². The molecule has 1 heterocycles. The number of hydrogen-bond acceptors (Lipinski definition) is 5. The summed E-state index contributed by atoms with van der Waals surface area (Å²) in [5.41, 5.74) is 4.59. The first-order valence-corrected chi connectivity index (χ1v) is 7.85. The van der Waals surface area contributed by atoms with Gasteiger partial charge in [0.15, 0.2) is 0 Å². The second-order valence-electron chi connectivity index (χ2n) is 5.57. The second-order valence-corrected chi connectivity index (χ2v) is 5.57. The zero-order valence-corrected chi connectivity index (χ0v) is 14.4. The van der Waals surface area contributed by atoms with Crippen molar-refractivity contribution in [2.45, 2.75) is 20.3 Å². The van der Waals surface area contributed by atoms with Gasteiger partial charge in [-0.3, -0.25) is 19.4 Å². The van der Waals surface area contributed by atoms with E-state index in [0.717, 1.165) is 5.56 Å². The molecule has 8 nitrogen and oxygen atoms in total. The van der Waals surface area contributed by atoms with Crippen molar-refractivity contribution in [1.82, 2.24) is 10.4 Å². The molecule has 0 aliphatic carbocycles. The summed E-state index contributed by atoms with van der Waals surface area (Å²) in [6.07, 6.45) is 3.08. The molecule has 26 heavy (non-hydrogen) atoms. The molecule has 1 aromatic carbocycles. The van der Waals surface area contributed by atoms with Crippen molar-refractivity contribution < 1.29 is 14.4 Å². The topological polar surface area (TPSA) is 113 Å². The van der Waals surface area contributed by atoms with Crippen LogP contribution in [0, 0.1) is 6.92 Å². The number of anilines is 2. The van der Waals surface area contributed by atoms with E-state index < -0.39 is 11.8 Å². The number of pyridine rings is 1. The quantitative estimate of drug-likeness (QED) is 0.432. The monoisotopic (exact) mass is 353 g/mol. The standard InChI is InChI=1S/C18H19N5O3/c1-12-5-7-14(8-6-12)21-17(25)18(26)23-22-13(2)10-16(24)20-15-4-3-9-19-11-15/h3-9,11H,10H2,1-2H3,(H,20,24)(H,21,25)(H,23,26)/b22-13+. The molecule has 0 fully saturated rings. The second kappa shape index (κ2) is 9.07. The normalized spacial score (nSPS) is 10.8. The molecule has 3 N–H and O–H groups in total. The maximum Gasteiger partial charge on any atom is 0.329 e. The Bertz CT molecular complexity index is 816. The number of hydrogen-bond donors (Lipinski definition) is 3. The van der Waals surface area contributed by atoms with Crippen molar-refractivity contribution in [2.24, 2.45) is 5.10 Å². The molecule has 2 aromatic rings. The number of rotatable bonds is 5. The van der Waals surface area contributed by atoms with Crippen LogP contribution in [0.2, 0.25) is 0 Å². The molecule has 0 bridgehead atoms. The molecule has 2 rings (SSSR count). The van der Waals surface area contributed by atoms with Crippen LogP contribution in [-0.2, 0) is 14.4 Å². The fraction of sp³-hybridized carbons (Fsp3) is 0.167. The predicted molar refractivity (Wildman–Crippen MR) is 98.5 cm³/mol. The lowest BCUT2D eigenvalue weighted by molar-refractivity contribution is -0.136. The number of amides is 3. The Kier molecular flexibility index (Phi) is 6.55. The maximum absolute atomic E-state index is 11.9.